The van der Waals surface area contributed by atoms with Gasteiger partial charge in [0.15, 0.2) is 20.9 Å². The first-order valence-corrected chi connectivity index (χ1v) is 15.8. The number of aromatic nitrogens is 1. The molecular weight excluding hydrogens is 639 g/mol. The van der Waals surface area contributed by atoms with Gasteiger partial charge in [0.2, 0.25) is 11.5 Å². The fourth-order valence-corrected chi connectivity index (χ4v) is 6.28. The molecule has 0 N–H and O–H groups in total. The van der Waals surface area contributed by atoms with E-state index in [1.807, 2.05) is 12.1 Å². The van der Waals surface area contributed by atoms with Gasteiger partial charge in [-0.2, -0.15) is 0 Å². The van der Waals surface area contributed by atoms with Gasteiger partial charge in [-0.15, -0.1) is 0 Å². The monoisotopic (exact) mass is 658 g/mol. The molecule has 1 aromatic heterocycles. The molecule has 0 bridgehead atoms. The molecular formula is C33H19N2NaO8S2. The van der Waals surface area contributed by atoms with Crippen molar-refractivity contribution in [3.05, 3.63) is 138 Å². The molecule has 0 unspecified atom stereocenters. The van der Waals surface area contributed by atoms with E-state index in [0.29, 0.717) is 10.8 Å². The van der Waals surface area contributed by atoms with Crippen molar-refractivity contribution in [2.75, 3.05) is 4.90 Å². The van der Waals surface area contributed by atoms with E-state index in [0.717, 1.165) is 20.2 Å². The van der Waals surface area contributed by atoms with Gasteiger partial charge < -0.3 is 18.3 Å². The zero-order chi connectivity index (χ0) is 31.9. The van der Waals surface area contributed by atoms with Crippen LogP contribution in [0.5, 0.6) is 5.75 Å². The number of allylic oxidation sites excluding steroid dienone is 2. The summed E-state index contributed by atoms with van der Waals surface area (Å²) in [5, 5.41) is 1.05. The van der Waals surface area contributed by atoms with Gasteiger partial charge in [0.1, 0.15) is 15.8 Å². The molecule has 4 aromatic carbocycles. The Morgan fingerprint density at radius 3 is 2.11 bits per heavy atom. The second-order valence-electron chi connectivity index (χ2n) is 9.47. The molecule has 0 aliphatic carbocycles. The SMILES string of the molecule is C=C=C=C(N1C(=CC=Cc2oc3ccc4ccccc4c3[n+]2C(=C=C=C)S(=O)(=O)[O-])Oc2ccc3ccccc3c21)S(=O)(=O)[O-].[Na+]. The van der Waals surface area contributed by atoms with E-state index < -0.39 is 30.3 Å². The van der Waals surface area contributed by atoms with E-state index in [9.17, 15) is 25.9 Å². The van der Waals surface area contributed by atoms with Gasteiger partial charge in [0, 0.05) is 11.1 Å². The summed E-state index contributed by atoms with van der Waals surface area (Å²) in [6.07, 6.45) is 4.03. The molecule has 46 heavy (non-hydrogen) atoms. The predicted molar refractivity (Wildman–Crippen MR) is 166 cm³/mol. The maximum Gasteiger partial charge on any atom is 1.00 e. The van der Waals surface area contributed by atoms with Crippen LogP contribution in [0.4, 0.5) is 5.69 Å². The van der Waals surface area contributed by atoms with E-state index in [1.54, 1.807) is 60.7 Å². The van der Waals surface area contributed by atoms with Gasteiger partial charge in [0.25, 0.3) is 5.52 Å². The fraction of sp³-hybridized carbons (Fsp3) is 0. The minimum absolute atomic E-state index is 0. The van der Waals surface area contributed by atoms with E-state index in [2.05, 4.69) is 36.1 Å². The Kier molecular flexibility index (Phi) is 9.00. The zero-order valence-electron chi connectivity index (χ0n) is 24.1. The van der Waals surface area contributed by atoms with Crippen molar-refractivity contribution in [1.82, 2.24) is 0 Å². The summed E-state index contributed by atoms with van der Waals surface area (Å²) in [6.45, 7) is 6.73. The first-order chi connectivity index (χ1) is 21.5. The third kappa shape index (κ3) is 5.87. The van der Waals surface area contributed by atoms with Crippen molar-refractivity contribution in [1.29, 1.82) is 0 Å². The number of nitrogens with zero attached hydrogens (tertiary/aromatic N) is 2. The number of hydrogen-bond donors (Lipinski definition) is 0. The van der Waals surface area contributed by atoms with Gasteiger partial charge in [-0.3, -0.25) is 4.90 Å². The van der Waals surface area contributed by atoms with Gasteiger partial charge in [0.05, 0.1) is 11.5 Å². The van der Waals surface area contributed by atoms with E-state index in [4.69, 9.17) is 9.15 Å². The standard InChI is InChI=1S/C33H20N2O8S2.Na/c1-3-10-30(44(36,37)38)34-28(42-26-20-18-22-12-5-7-14-24(22)32(26)34)16-9-17-29-35(31(11-4-2)45(39,40)41)33-25-15-8-6-13-23(25)19-21-27(33)43-29;/h5-9,12-21H,1-2H2,(H-,36,37,38,39,40,41);/q;+1/p-1. The molecule has 0 spiro atoms. The first kappa shape index (κ1) is 32.8. The second-order valence-corrected chi connectivity index (χ2v) is 12.1. The van der Waals surface area contributed by atoms with E-state index in [-0.39, 0.29) is 63.9 Å². The molecule has 6 rings (SSSR count). The van der Waals surface area contributed by atoms with E-state index in [1.165, 1.54) is 18.2 Å². The van der Waals surface area contributed by atoms with Crippen LogP contribution in [0.3, 0.4) is 0 Å². The summed E-state index contributed by atoms with van der Waals surface area (Å²) < 4.78 is 87.4. The maximum absolute atomic E-state index is 12.4. The molecule has 0 saturated heterocycles. The third-order valence-corrected chi connectivity index (χ3v) is 8.31. The summed E-state index contributed by atoms with van der Waals surface area (Å²) >= 11 is 0. The summed E-state index contributed by atoms with van der Waals surface area (Å²) in [7, 11) is -10.3. The van der Waals surface area contributed by atoms with Crippen molar-refractivity contribution in [2.45, 2.75) is 0 Å². The van der Waals surface area contributed by atoms with Crippen LogP contribution in [0.15, 0.2) is 136 Å². The van der Waals surface area contributed by atoms with Crippen LogP contribution in [-0.4, -0.2) is 25.9 Å². The largest absolute Gasteiger partial charge is 1.00 e. The number of fused-ring (bicyclic) bond motifs is 6. The number of benzene rings is 4. The van der Waals surface area contributed by atoms with Crippen molar-refractivity contribution >= 4 is 69.7 Å². The molecule has 13 heteroatoms. The molecule has 0 atom stereocenters. The summed E-state index contributed by atoms with van der Waals surface area (Å²) in [6, 6.07) is 21.0. The maximum atomic E-state index is 12.4. The number of rotatable bonds is 6. The fourth-order valence-electron chi connectivity index (χ4n) is 5.08. The molecule has 0 saturated carbocycles. The summed E-state index contributed by atoms with van der Waals surface area (Å²) in [5.41, 5.74) is 9.82. The van der Waals surface area contributed by atoms with Crippen LogP contribution in [0.2, 0.25) is 0 Å². The quantitative estimate of drug-likeness (QED) is 0.116. The Balaban J connectivity index is 0.00000417. The normalized spacial score (nSPS) is 13.5. The number of hydrogen-bond acceptors (Lipinski definition) is 9. The first-order valence-electron chi connectivity index (χ1n) is 13.0. The van der Waals surface area contributed by atoms with Gasteiger partial charge in [-0.05, 0) is 60.0 Å². The molecule has 0 fully saturated rings. The van der Waals surface area contributed by atoms with Gasteiger partial charge >= 0.3 is 40.5 Å². The second kappa shape index (κ2) is 12.6. The molecule has 1 aliphatic rings. The Hall–Kier alpha value is -4.63. The zero-order valence-corrected chi connectivity index (χ0v) is 27.7. The minimum atomic E-state index is -5.13. The van der Waals surface area contributed by atoms with Crippen molar-refractivity contribution in [2.24, 2.45) is 0 Å². The average molecular weight is 659 g/mol. The number of ether oxygens (including phenoxy) is 1. The Labute approximate surface area is 285 Å². The van der Waals surface area contributed by atoms with Crippen molar-refractivity contribution in [3.63, 3.8) is 0 Å². The molecule has 10 nitrogen and oxygen atoms in total. The topological polar surface area (TPSA) is 144 Å². The summed E-state index contributed by atoms with van der Waals surface area (Å²) in [4.78, 5) is 1.08. The van der Waals surface area contributed by atoms with Crippen molar-refractivity contribution < 1.29 is 69.2 Å². The molecule has 222 valence electrons. The Morgan fingerprint density at radius 1 is 0.826 bits per heavy atom. The summed E-state index contributed by atoms with van der Waals surface area (Å²) in [5.74, 6) is 0.0339. The Morgan fingerprint density at radius 2 is 1.46 bits per heavy atom. The predicted octanol–water partition coefficient (Wildman–Crippen LogP) is 2.39. The number of oxazole rings is 1. The van der Waals surface area contributed by atoms with Crippen LogP contribution in [0.25, 0.3) is 43.7 Å². The van der Waals surface area contributed by atoms with Gasteiger partial charge in [-0.1, -0.05) is 70.6 Å². The van der Waals surface area contributed by atoms with Gasteiger partial charge in [-0.25, -0.2) is 16.8 Å². The third-order valence-electron chi connectivity index (χ3n) is 6.79. The Bertz CT molecular complexity index is 2560. The van der Waals surface area contributed by atoms with Crippen LogP contribution in [-0.2, 0) is 20.2 Å². The smallest absolute Gasteiger partial charge is 0.742 e. The van der Waals surface area contributed by atoms with Crippen LogP contribution < -0.4 is 43.8 Å². The molecule has 2 heterocycles. The van der Waals surface area contributed by atoms with Crippen LogP contribution in [0.1, 0.15) is 5.89 Å². The van der Waals surface area contributed by atoms with Crippen LogP contribution in [0, 0.1) is 0 Å². The van der Waals surface area contributed by atoms with E-state index >= 15 is 0 Å². The minimum Gasteiger partial charge on any atom is -0.742 e. The van der Waals surface area contributed by atoms with Crippen LogP contribution >= 0.6 is 0 Å². The molecule has 1 aliphatic heterocycles. The van der Waals surface area contributed by atoms with Crippen molar-refractivity contribution in [3.8, 4) is 5.75 Å². The molecule has 0 amide bonds. The average Bonchev–Trinajstić information content (AvgIpc) is 3.55. The molecule has 0 radical (unpaired) electrons. The number of anilines is 1. The molecule has 5 aromatic rings.